The van der Waals surface area contributed by atoms with Crippen LogP contribution in [0.15, 0.2) is 30.3 Å². The van der Waals surface area contributed by atoms with Gasteiger partial charge in [0.1, 0.15) is 6.29 Å². The van der Waals surface area contributed by atoms with Crippen LogP contribution in [-0.2, 0) is 11.2 Å². The molecule has 0 aromatic heterocycles. The largest absolute Gasteiger partial charge is 0.460 e. The molecule has 0 aliphatic rings. The van der Waals surface area contributed by atoms with E-state index < -0.39 is 53.9 Å². The lowest BCUT2D eigenvalue weighted by atomic mass is 9.74. The lowest BCUT2D eigenvalue weighted by Gasteiger charge is -2.44. The van der Waals surface area contributed by atoms with Crippen LogP contribution in [0, 0.1) is 5.41 Å². The van der Waals surface area contributed by atoms with E-state index in [1.54, 1.807) is 0 Å². The van der Waals surface area contributed by atoms with Crippen molar-refractivity contribution in [2.24, 2.45) is 5.41 Å². The molecular formula is C16H11F13O. The number of aldehydes is 1. The van der Waals surface area contributed by atoms with Crippen LogP contribution in [0.25, 0.3) is 0 Å². The summed E-state index contributed by atoms with van der Waals surface area (Å²) in [6, 6.07) is 5.50. The summed E-state index contributed by atoms with van der Waals surface area (Å²) in [7, 11) is 0. The first kappa shape index (κ1) is 26.0. The number of halogens is 13. The molecule has 0 heterocycles. The molecule has 1 aromatic carbocycles. The van der Waals surface area contributed by atoms with Gasteiger partial charge >= 0.3 is 35.8 Å². The van der Waals surface area contributed by atoms with Crippen LogP contribution in [0.1, 0.15) is 12.5 Å². The van der Waals surface area contributed by atoms with Gasteiger partial charge in [0.25, 0.3) is 0 Å². The van der Waals surface area contributed by atoms with Crippen molar-refractivity contribution in [1.29, 1.82) is 0 Å². The number of hydrogen-bond acceptors (Lipinski definition) is 1. The maximum absolute atomic E-state index is 14.3. The number of hydrogen-bond donors (Lipinski definition) is 0. The molecule has 0 fully saturated rings. The Morgan fingerprint density at radius 3 is 1.37 bits per heavy atom. The van der Waals surface area contributed by atoms with Crippen molar-refractivity contribution in [1.82, 2.24) is 0 Å². The summed E-state index contributed by atoms with van der Waals surface area (Å²) in [5.74, 6) is -37.7. The molecule has 30 heavy (non-hydrogen) atoms. The van der Waals surface area contributed by atoms with Gasteiger partial charge in [-0.05, 0) is 18.9 Å². The van der Waals surface area contributed by atoms with E-state index in [1.807, 2.05) is 0 Å². The second-order valence-electron chi connectivity index (χ2n) is 6.57. The van der Waals surface area contributed by atoms with Crippen LogP contribution in [0.3, 0.4) is 0 Å². The fraction of sp³-hybridized carbons (Fsp3) is 0.562. The third-order valence-electron chi connectivity index (χ3n) is 4.32. The molecule has 1 rings (SSSR count). The summed E-state index contributed by atoms with van der Waals surface area (Å²) < 4.78 is 172. The quantitative estimate of drug-likeness (QED) is 0.331. The van der Waals surface area contributed by atoms with E-state index >= 15 is 0 Å². The first-order valence-electron chi connectivity index (χ1n) is 7.60. The van der Waals surface area contributed by atoms with Crippen LogP contribution in [0.4, 0.5) is 57.1 Å². The van der Waals surface area contributed by atoms with Crippen LogP contribution < -0.4 is 0 Å². The predicted octanol–water partition coefficient (Wildman–Crippen LogP) is 6.17. The zero-order chi connectivity index (χ0) is 24.0. The fourth-order valence-electron chi connectivity index (χ4n) is 2.37. The van der Waals surface area contributed by atoms with Gasteiger partial charge in [0.05, 0.1) is 5.41 Å². The van der Waals surface area contributed by atoms with E-state index in [0.717, 1.165) is 24.3 Å². The zero-order valence-corrected chi connectivity index (χ0v) is 14.5. The Kier molecular flexibility index (Phi) is 6.32. The average molecular weight is 466 g/mol. The molecule has 0 aliphatic carbocycles. The van der Waals surface area contributed by atoms with Crippen molar-refractivity contribution in [3.8, 4) is 0 Å². The summed E-state index contributed by atoms with van der Waals surface area (Å²) >= 11 is 0. The second-order valence-corrected chi connectivity index (χ2v) is 6.57. The number of alkyl halides is 13. The highest BCUT2D eigenvalue weighted by Crippen LogP contribution is 2.62. The van der Waals surface area contributed by atoms with Crippen molar-refractivity contribution in [3.63, 3.8) is 0 Å². The first-order chi connectivity index (χ1) is 13.1. The Morgan fingerprint density at radius 2 is 1.00 bits per heavy atom. The third kappa shape index (κ3) is 3.51. The van der Waals surface area contributed by atoms with Gasteiger partial charge in [-0.3, -0.25) is 0 Å². The van der Waals surface area contributed by atoms with Gasteiger partial charge < -0.3 is 4.79 Å². The first-order valence-corrected chi connectivity index (χ1v) is 7.60. The lowest BCUT2D eigenvalue weighted by Crippen LogP contribution is -2.72. The van der Waals surface area contributed by atoms with E-state index in [-0.39, 0.29) is 12.5 Å². The third-order valence-corrected chi connectivity index (χ3v) is 4.32. The molecule has 172 valence electrons. The summed E-state index contributed by atoms with van der Waals surface area (Å²) in [5.41, 5.74) is -4.25. The van der Waals surface area contributed by atoms with Crippen molar-refractivity contribution in [3.05, 3.63) is 35.9 Å². The number of carbonyl (C=O) groups excluding carboxylic acids is 1. The van der Waals surface area contributed by atoms with Crippen LogP contribution in [0.2, 0.25) is 0 Å². The maximum atomic E-state index is 14.3. The summed E-state index contributed by atoms with van der Waals surface area (Å²) in [6.07, 6.45) is -9.94. The average Bonchev–Trinajstić information content (AvgIpc) is 2.60. The van der Waals surface area contributed by atoms with Gasteiger partial charge in [0.15, 0.2) is 0 Å². The van der Waals surface area contributed by atoms with E-state index in [2.05, 4.69) is 0 Å². The van der Waals surface area contributed by atoms with Crippen molar-refractivity contribution in [2.45, 2.75) is 49.1 Å². The minimum atomic E-state index is -8.00. The molecule has 0 aliphatic heterocycles. The van der Waals surface area contributed by atoms with Gasteiger partial charge in [0, 0.05) is 0 Å². The Labute approximate surface area is 159 Å². The fourth-order valence-corrected chi connectivity index (χ4v) is 2.37. The summed E-state index contributed by atoms with van der Waals surface area (Å²) in [6.45, 7) is -0.0585. The van der Waals surface area contributed by atoms with Gasteiger partial charge in [-0.25, -0.2) is 0 Å². The van der Waals surface area contributed by atoms with Crippen molar-refractivity contribution in [2.75, 3.05) is 0 Å². The molecule has 0 saturated carbocycles. The minimum Gasteiger partial charge on any atom is -0.303 e. The molecule has 0 amide bonds. The lowest BCUT2D eigenvalue weighted by molar-refractivity contribution is -0.445. The highest BCUT2D eigenvalue weighted by Gasteiger charge is 2.92. The Hall–Kier alpha value is -2.02. The number of rotatable bonds is 8. The molecular weight excluding hydrogens is 455 g/mol. The predicted molar refractivity (Wildman–Crippen MR) is 75.1 cm³/mol. The molecule has 0 spiro atoms. The Balaban J connectivity index is 3.59. The molecule has 1 atom stereocenters. The minimum absolute atomic E-state index is 0.0585. The maximum Gasteiger partial charge on any atom is 0.460 e. The molecule has 1 aromatic rings. The Morgan fingerprint density at radius 1 is 0.633 bits per heavy atom. The van der Waals surface area contributed by atoms with E-state index in [1.165, 1.54) is 6.07 Å². The van der Waals surface area contributed by atoms with E-state index in [9.17, 15) is 61.9 Å². The molecule has 0 bridgehead atoms. The smallest absolute Gasteiger partial charge is 0.303 e. The van der Waals surface area contributed by atoms with Gasteiger partial charge in [-0.15, -0.1) is 0 Å². The molecule has 14 heteroatoms. The zero-order valence-electron chi connectivity index (χ0n) is 14.5. The van der Waals surface area contributed by atoms with E-state index in [0.29, 0.717) is 0 Å². The van der Waals surface area contributed by atoms with Crippen molar-refractivity contribution < 1.29 is 61.9 Å². The molecule has 0 radical (unpaired) electrons. The molecule has 0 saturated heterocycles. The SMILES string of the molecule is C[C@@](C=O)(Cc1ccccc1)C(F)(F)C(F)(F)C(F)(F)C(F)(F)C(F)(F)C(F)(F)F. The highest BCUT2D eigenvalue weighted by molar-refractivity contribution is 5.62. The topological polar surface area (TPSA) is 17.1 Å². The normalized spacial score (nSPS) is 16.9. The van der Waals surface area contributed by atoms with Gasteiger partial charge in [0.2, 0.25) is 0 Å². The van der Waals surface area contributed by atoms with Crippen LogP contribution in [0.5, 0.6) is 0 Å². The monoisotopic (exact) mass is 466 g/mol. The van der Waals surface area contributed by atoms with Crippen molar-refractivity contribution >= 4 is 6.29 Å². The van der Waals surface area contributed by atoms with Crippen LogP contribution in [-0.4, -0.2) is 42.1 Å². The molecule has 0 unspecified atom stereocenters. The van der Waals surface area contributed by atoms with Gasteiger partial charge in [-0.1, -0.05) is 30.3 Å². The number of carbonyl (C=O) groups is 1. The molecule has 1 nitrogen and oxygen atoms in total. The van der Waals surface area contributed by atoms with E-state index in [4.69, 9.17) is 0 Å². The second kappa shape index (κ2) is 7.29. The molecule has 0 N–H and O–H groups in total. The Bertz CT molecular complexity index is 754. The summed E-state index contributed by atoms with van der Waals surface area (Å²) in [5, 5.41) is 0. The standard InChI is InChI=1S/C16H11F13O/c1-10(8-30,7-9-5-3-2-4-6-9)11(17,18)12(19,20)13(21,22)14(23,24)15(25,26)16(27,28)29/h2-6,8H,7H2,1H3/t10-/m0/s1. The van der Waals surface area contributed by atoms with Crippen LogP contribution >= 0.6 is 0 Å². The number of benzene rings is 1. The van der Waals surface area contributed by atoms with Gasteiger partial charge in [-0.2, -0.15) is 57.1 Å². The highest BCUT2D eigenvalue weighted by atomic mass is 19.4. The summed E-state index contributed by atoms with van der Waals surface area (Å²) in [4.78, 5) is 11.1.